The van der Waals surface area contributed by atoms with Gasteiger partial charge in [-0.2, -0.15) is 0 Å². The molecule has 35 heavy (non-hydrogen) atoms. The molecule has 0 saturated heterocycles. The first-order valence-electron chi connectivity index (χ1n) is 10.3. The number of aliphatic hydroxyl groups is 1. The van der Waals surface area contributed by atoms with Crippen LogP contribution < -0.4 is 15.4 Å². The minimum absolute atomic E-state index is 0.0605. The van der Waals surface area contributed by atoms with Crippen molar-refractivity contribution in [3.8, 4) is 5.75 Å². The zero-order chi connectivity index (χ0) is 25.4. The number of hydrogen-bond donors (Lipinski definition) is 3. The number of hydrogen-bond acceptors (Lipinski definition) is 7. The molecule has 0 aliphatic carbocycles. The van der Waals surface area contributed by atoms with E-state index in [0.29, 0.717) is 39.5 Å². The second-order valence-corrected chi connectivity index (χ2v) is 9.35. The predicted molar refractivity (Wildman–Crippen MR) is 139 cm³/mol. The van der Waals surface area contributed by atoms with Gasteiger partial charge in [0.1, 0.15) is 11.8 Å². The lowest BCUT2D eigenvalue weighted by atomic mass is 10.2. The highest BCUT2D eigenvalue weighted by atomic mass is 79.9. The molecule has 2 aromatic carbocycles. The Kier molecular flexibility index (Phi) is 9.73. The number of nitrogens with one attached hydrogen (secondary N) is 2. The van der Waals surface area contributed by atoms with Crippen molar-refractivity contribution in [2.45, 2.75) is 17.7 Å². The van der Waals surface area contributed by atoms with Crippen LogP contribution in [0.15, 0.2) is 64.7 Å². The molecule has 0 aliphatic rings. The molecule has 0 spiro atoms. The Balaban J connectivity index is 1.69. The predicted octanol–water partition coefficient (Wildman–Crippen LogP) is 4.08. The smallest absolute Gasteiger partial charge is 0.251 e. The molecule has 1 atom stereocenters. The highest BCUT2D eigenvalue weighted by Crippen LogP contribution is 2.26. The number of ether oxygens (including phenoxy) is 1. The number of amides is 2. The minimum atomic E-state index is -0.815. The number of aliphatic hydroxyl groups excluding tert-OH is 1. The van der Waals surface area contributed by atoms with Crippen LogP contribution in [0, 0.1) is 0 Å². The number of allylic oxidation sites excluding steroid dienone is 1. The lowest BCUT2D eigenvalue weighted by Crippen LogP contribution is -2.33. The fraction of sp³-hybridized carbons (Fsp3) is 0.217. The van der Waals surface area contributed by atoms with E-state index in [1.807, 2.05) is 0 Å². The molecule has 0 unspecified atom stereocenters. The highest BCUT2D eigenvalue weighted by Gasteiger charge is 2.23. The molecule has 3 rings (SSSR count). The maximum absolute atomic E-state index is 12.7. The number of carbonyl (C=O) groups is 2. The van der Waals surface area contributed by atoms with Gasteiger partial charge in [-0.1, -0.05) is 29.4 Å². The fourth-order valence-corrected chi connectivity index (χ4v) is 4.22. The van der Waals surface area contributed by atoms with Gasteiger partial charge >= 0.3 is 0 Å². The molecular formula is C23H23BrClN5O4S. The molecule has 184 valence electrons. The Morgan fingerprint density at radius 3 is 2.66 bits per heavy atom. The first-order chi connectivity index (χ1) is 16.9. The Labute approximate surface area is 220 Å². The Bertz CT molecular complexity index is 1210. The molecule has 0 radical (unpaired) electrons. The maximum atomic E-state index is 12.7. The summed E-state index contributed by atoms with van der Waals surface area (Å²) >= 11 is 10.5. The van der Waals surface area contributed by atoms with Crippen LogP contribution in [0.1, 0.15) is 22.2 Å². The van der Waals surface area contributed by atoms with E-state index in [1.165, 1.54) is 11.8 Å². The number of methoxy groups -OCH3 is 1. The van der Waals surface area contributed by atoms with E-state index in [-0.39, 0.29) is 17.6 Å². The third-order valence-electron chi connectivity index (χ3n) is 4.74. The summed E-state index contributed by atoms with van der Waals surface area (Å²) in [4.78, 5) is 25.1. The third kappa shape index (κ3) is 7.07. The molecule has 3 N–H and O–H groups in total. The first kappa shape index (κ1) is 26.7. The van der Waals surface area contributed by atoms with Crippen LogP contribution in [0.3, 0.4) is 0 Å². The molecule has 1 aromatic heterocycles. The third-order valence-corrected chi connectivity index (χ3v) is 6.94. The lowest BCUT2D eigenvalue weighted by Gasteiger charge is -2.17. The van der Waals surface area contributed by atoms with E-state index in [4.69, 9.17) is 16.3 Å². The van der Waals surface area contributed by atoms with Gasteiger partial charge in [0.15, 0.2) is 11.0 Å². The van der Waals surface area contributed by atoms with E-state index in [2.05, 4.69) is 43.3 Å². The number of rotatable bonds is 11. The van der Waals surface area contributed by atoms with E-state index in [1.54, 1.807) is 60.2 Å². The van der Waals surface area contributed by atoms with Crippen LogP contribution in [0.4, 0.5) is 5.69 Å². The van der Waals surface area contributed by atoms with E-state index < -0.39 is 12.6 Å². The summed E-state index contributed by atoms with van der Waals surface area (Å²) in [5.41, 5.74) is 0.969. The van der Waals surface area contributed by atoms with E-state index in [0.717, 1.165) is 4.47 Å². The van der Waals surface area contributed by atoms with Crippen molar-refractivity contribution >= 4 is 56.8 Å². The van der Waals surface area contributed by atoms with Gasteiger partial charge < -0.3 is 25.0 Å². The molecular weight excluding hydrogens is 558 g/mol. The standard InChI is InChI=1S/C23H23BrClN5O4S/c1-3-10-30-21(19(12-31)27-22(33)14-4-7-16(34-2)8-5-14)28-29-23(30)35-13-20(32)26-15-6-9-17(24)18(25)11-15/h3-9,11,19,31H,1,10,12-13H2,2H3,(H,26,32)(H,27,33)/t19-/m1/s1. The van der Waals surface area contributed by atoms with Crippen molar-refractivity contribution in [2.24, 2.45) is 0 Å². The number of benzene rings is 2. The van der Waals surface area contributed by atoms with Gasteiger partial charge in [0.05, 0.1) is 24.5 Å². The highest BCUT2D eigenvalue weighted by molar-refractivity contribution is 9.10. The van der Waals surface area contributed by atoms with Crippen LogP contribution in [-0.2, 0) is 11.3 Å². The summed E-state index contributed by atoms with van der Waals surface area (Å²) in [5, 5.41) is 24.7. The first-order valence-corrected chi connectivity index (χ1v) is 12.5. The molecule has 0 fully saturated rings. The van der Waals surface area contributed by atoms with Gasteiger partial charge in [-0.3, -0.25) is 9.59 Å². The quantitative estimate of drug-likeness (QED) is 0.231. The van der Waals surface area contributed by atoms with E-state index >= 15 is 0 Å². The Morgan fingerprint density at radius 1 is 1.29 bits per heavy atom. The summed E-state index contributed by atoms with van der Waals surface area (Å²) in [5.74, 6) is 0.387. The fourth-order valence-electron chi connectivity index (χ4n) is 3.04. The van der Waals surface area contributed by atoms with Crippen molar-refractivity contribution < 1.29 is 19.4 Å². The average Bonchev–Trinajstić information content (AvgIpc) is 3.26. The summed E-state index contributed by atoms with van der Waals surface area (Å²) in [6, 6.07) is 10.9. The summed E-state index contributed by atoms with van der Waals surface area (Å²) < 4.78 is 7.53. The van der Waals surface area contributed by atoms with Crippen molar-refractivity contribution in [1.29, 1.82) is 0 Å². The monoisotopic (exact) mass is 579 g/mol. The van der Waals surface area contributed by atoms with Gasteiger partial charge in [0, 0.05) is 22.3 Å². The number of thioether (sulfide) groups is 1. The lowest BCUT2D eigenvalue weighted by molar-refractivity contribution is -0.113. The Hall–Kier alpha value is -2.86. The molecule has 0 aliphatic heterocycles. The van der Waals surface area contributed by atoms with Crippen LogP contribution in [0.25, 0.3) is 0 Å². The van der Waals surface area contributed by atoms with Gasteiger partial charge in [0.2, 0.25) is 5.91 Å². The second-order valence-electron chi connectivity index (χ2n) is 7.14. The zero-order valence-electron chi connectivity index (χ0n) is 18.7. The Morgan fingerprint density at radius 2 is 2.03 bits per heavy atom. The van der Waals surface area contributed by atoms with Crippen LogP contribution >= 0.6 is 39.3 Å². The van der Waals surface area contributed by atoms with Crippen LogP contribution in [-0.4, -0.2) is 51.2 Å². The van der Waals surface area contributed by atoms with Crippen molar-refractivity contribution in [3.63, 3.8) is 0 Å². The number of aromatic nitrogens is 3. The molecule has 0 bridgehead atoms. The van der Waals surface area contributed by atoms with Crippen LogP contribution in [0.2, 0.25) is 5.02 Å². The summed E-state index contributed by atoms with van der Waals surface area (Å²) in [6.45, 7) is 3.68. The molecule has 2 amide bonds. The summed E-state index contributed by atoms with van der Waals surface area (Å²) in [6.07, 6.45) is 1.64. The number of halogens is 2. The van der Waals surface area contributed by atoms with Gasteiger partial charge in [-0.05, 0) is 58.4 Å². The number of nitrogens with zero attached hydrogens (tertiary/aromatic N) is 3. The average molecular weight is 581 g/mol. The van der Waals surface area contributed by atoms with Crippen LogP contribution in [0.5, 0.6) is 5.75 Å². The largest absolute Gasteiger partial charge is 0.497 e. The number of carbonyl (C=O) groups excluding carboxylic acids is 2. The maximum Gasteiger partial charge on any atom is 0.251 e. The minimum Gasteiger partial charge on any atom is -0.497 e. The second kappa shape index (κ2) is 12.7. The molecule has 3 aromatic rings. The summed E-state index contributed by atoms with van der Waals surface area (Å²) in [7, 11) is 1.54. The molecule has 0 saturated carbocycles. The number of anilines is 1. The molecule has 1 heterocycles. The molecule has 9 nitrogen and oxygen atoms in total. The van der Waals surface area contributed by atoms with Crippen molar-refractivity contribution in [3.05, 3.63) is 76.0 Å². The zero-order valence-corrected chi connectivity index (χ0v) is 21.9. The van der Waals surface area contributed by atoms with Gasteiger partial charge in [-0.15, -0.1) is 16.8 Å². The SMILES string of the molecule is C=CCn1c(SCC(=O)Nc2ccc(Br)c(Cl)c2)nnc1[C@@H](CO)NC(=O)c1ccc(OC)cc1. The normalized spacial score (nSPS) is 11.5. The van der Waals surface area contributed by atoms with Gasteiger partial charge in [0.25, 0.3) is 5.91 Å². The topological polar surface area (TPSA) is 118 Å². The molecule has 12 heteroatoms. The van der Waals surface area contributed by atoms with Crippen molar-refractivity contribution in [1.82, 2.24) is 20.1 Å². The van der Waals surface area contributed by atoms with E-state index in [9.17, 15) is 14.7 Å². The van der Waals surface area contributed by atoms with Crippen molar-refractivity contribution in [2.75, 3.05) is 24.8 Å². The van der Waals surface area contributed by atoms with Gasteiger partial charge in [-0.25, -0.2) is 0 Å².